The summed E-state index contributed by atoms with van der Waals surface area (Å²) >= 11 is 6.42. The summed E-state index contributed by atoms with van der Waals surface area (Å²) in [5.74, 6) is -1.76. The zero-order chi connectivity index (χ0) is 31.2. The Balaban J connectivity index is 1.82. The van der Waals surface area contributed by atoms with E-state index in [1.54, 1.807) is 13.0 Å². The van der Waals surface area contributed by atoms with Crippen LogP contribution in [0.25, 0.3) is 0 Å². The van der Waals surface area contributed by atoms with Gasteiger partial charge in [-0.05, 0) is 50.7 Å². The average Bonchev–Trinajstić information content (AvgIpc) is 2.96. The second-order valence-electron chi connectivity index (χ2n) is 10.6. The van der Waals surface area contributed by atoms with Gasteiger partial charge >= 0.3 is 5.97 Å². The molecule has 2 aliphatic heterocycles. The molecule has 43 heavy (non-hydrogen) atoms. The number of cyclic esters (lactones) is 1. The Kier molecular flexibility index (Phi) is 13.8. The molecule has 1 fully saturated rings. The smallest absolute Gasteiger partial charge is 0.342 e. The Morgan fingerprint density at radius 3 is 2.65 bits per heavy atom. The molecule has 12 heteroatoms. The molecular formula is C31H42ClN3O8. The highest BCUT2D eigenvalue weighted by Gasteiger charge is 2.26. The van der Waals surface area contributed by atoms with Crippen LogP contribution in [0.15, 0.2) is 35.5 Å². The molecule has 1 aromatic rings. The Morgan fingerprint density at radius 1 is 1.14 bits per heavy atom. The van der Waals surface area contributed by atoms with Crippen LogP contribution in [0.5, 0.6) is 11.5 Å². The van der Waals surface area contributed by atoms with E-state index in [4.69, 9.17) is 25.9 Å². The molecule has 2 atom stereocenters. The molecule has 0 saturated carbocycles. The quantitative estimate of drug-likeness (QED) is 0.159. The molecule has 236 valence electrons. The van der Waals surface area contributed by atoms with Crippen molar-refractivity contribution in [2.24, 2.45) is 5.16 Å². The number of piperidine rings is 1. The van der Waals surface area contributed by atoms with Crippen molar-refractivity contribution in [1.29, 1.82) is 0 Å². The molecule has 3 rings (SSSR count). The minimum atomic E-state index is -0.797. The number of phenolic OH excluding ortho intramolecular Hbond substituents is 2. The second kappa shape index (κ2) is 17.5. The number of halogens is 1. The first-order valence-electron chi connectivity index (χ1n) is 14.8. The van der Waals surface area contributed by atoms with Crippen LogP contribution in [0.4, 0.5) is 0 Å². The molecule has 2 heterocycles. The number of amides is 2. The number of rotatable bonds is 9. The highest BCUT2D eigenvalue weighted by molar-refractivity contribution is 6.33. The highest BCUT2D eigenvalue weighted by Crippen LogP contribution is 2.37. The molecule has 0 radical (unpaired) electrons. The number of phenols is 2. The second-order valence-corrected chi connectivity index (χ2v) is 11.0. The van der Waals surface area contributed by atoms with Gasteiger partial charge in [-0.2, -0.15) is 0 Å². The van der Waals surface area contributed by atoms with Gasteiger partial charge in [-0.1, -0.05) is 35.0 Å². The molecule has 0 spiro atoms. The van der Waals surface area contributed by atoms with E-state index in [2.05, 4.69) is 10.5 Å². The normalized spacial score (nSPS) is 22.2. The van der Waals surface area contributed by atoms with Crippen LogP contribution in [-0.4, -0.2) is 83.7 Å². The molecule has 2 amide bonds. The minimum Gasteiger partial charge on any atom is -0.507 e. The minimum absolute atomic E-state index is 0.00632. The van der Waals surface area contributed by atoms with Gasteiger partial charge in [-0.15, -0.1) is 0 Å². The van der Waals surface area contributed by atoms with Crippen LogP contribution in [0.1, 0.15) is 74.7 Å². The van der Waals surface area contributed by atoms with E-state index in [1.165, 1.54) is 6.92 Å². The maximum atomic E-state index is 13.1. The molecule has 0 aliphatic carbocycles. The summed E-state index contributed by atoms with van der Waals surface area (Å²) in [6.07, 6.45) is 11.2. The van der Waals surface area contributed by atoms with Crippen LogP contribution >= 0.6 is 11.6 Å². The van der Waals surface area contributed by atoms with E-state index in [-0.39, 0.29) is 53.5 Å². The molecule has 3 N–H and O–H groups in total. The van der Waals surface area contributed by atoms with Crippen molar-refractivity contribution >= 4 is 35.1 Å². The van der Waals surface area contributed by atoms with E-state index < -0.39 is 23.6 Å². The van der Waals surface area contributed by atoms with Crippen molar-refractivity contribution in [1.82, 2.24) is 10.2 Å². The van der Waals surface area contributed by atoms with E-state index in [1.807, 2.05) is 23.1 Å². The lowest BCUT2D eigenvalue weighted by Gasteiger charge is -2.26. The lowest BCUT2D eigenvalue weighted by atomic mass is 9.99. The van der Waals surface area contributed by atoms with Crippen molar-refractivity contribution in [3.8, 4) is 11.5 Å². The number of carbonyl (C=O) groups excluding carboxylic acids is 3. The maximum absolute atomic E-state index is 13.1. The summed E-state index contributed by atoms with van der Waals surface area (Å²) in [6.45, 7) is 5.66. The summed E-state index contributed by atoms with van der Waals surface area (Å²) in [4.78, 5) is 44.1. The number of ether oxygens (including phenoxy) is 2. The summed E-state index contributed by atoms with van der Waals surface area (Å²) in [7, 11) is 0. The Morgan fingerprint density at radius 2 is 1.91 bits per heavy atom. The lowest BCUT2D eigenvalue weighted by Crippen LogP contribution is -2.35. The van der Waals surface area contributed by atoms with Crippen molar-refractivity contribution in [3.05, 3.63) is 46.5 Å². The van der Waals surface area contributed by atoms with Gasteiger partial charge < -0.3 is 34.7 Å². The fraction of sp³-hybridized carbons (Fsp3) is 0.548. The number of carbonyl (C=O) groups is 3. The maximum Gasteiger partial charge on any atom is 0.342 e. The van der Waals surface area contributed by atoms with Crippen LogP contribution in [0, 0.1) is 0 Å². The fourth-order valence-corrected chi connectivity index (χ4v) is 4.98. The first-order valence-corrected chi connectivity index (χ1v) is 15.1. The number of hydrogen-bond acceptors (Lipinski definition) is 9. The van der Waals surface area contributed by atoms with E-state index in [0.29, 0.717) is 38.1 Å². The van der Waals surface area contributed by atoms with Gasteiger partial charge in [0.25, 0.3) is 0 Å². The fourth-order valence-electron chi connectivity index (χ4n) is 4.77. The largest absolute Gasteiger partial charge is 0.507 e. The van der Waals surface area contributed by atoms with E-state index in [9.17, 15) is 24.6 Å². The first-order chi connectivity index (χ1) is 20.7. The van der Waals surface area contributed by atoms with Gasteiger partial charge in [0.2, 0.25) is 11.8 Å². The molecular weight excluding hydrogens is 578 g/mol. The number of oxime groups is 1. The predicted molar refractivity (Wildman–Crippen MR) is 162 cm³/mol. The number of nitrogens with zero attached hydrogens (tertiary/aromatic N) is 2. The topological polar surface area (TPSA) is 147 Å². The van der Waals surface area contributed by atoms with Crippen LogP contribution in [0.2, 0.25) is 5.02 Å². The number of benzene rings is 1. The van der Waals surface area contributed by atoms with Crippen molar-refractivity contribution in [2.45, 2.75) is 77.4 Å². The third-order valence-electron chi connectivity index (χ3n) is 7.01. The Hall–Kier alpha value is -3.57. The zero-order valence-electron chi connectivity index (χ0n) is 24.9. The van der Waals surface area contributed by atoms with Crippen molar-refractivity contribution < 1.29 is 38.9 Å². The van der Waals surface area contributed by atoms with Gasteiger partial charge in [0.05, 0.1) is 23.3 Å². The average molecular weight is 620 g/mol. The standard InChI is InChI=1S/C31H42ClN3O8/c1-21-9-6-11-24(41-17-8-14-33-22(2)36)12-7-10-23(34-42-18-13-28(39)35-15-4-3-5-16-35)19-25-29(31(40)43-21)26(37)20-27(38)30(25)32/h6-7,10-11,20-21,24,37-38H,3-5,8-9,12-19H2,1-2H3,(H,33,36)/b10-7+,11-6+,34-23+/t21-,24?/m1/s1. The number of allylic oxidation sites excluding steroid dienone is 1. The molecule has 1 unspecified atom stereocenters. The number of esters is 1. The van der Waals surface area contributed by atoms with Crippen molar-refractivity contribution in [2.75, 3.05) is 32.8 Å². The Bertz CT molecular complexity index is 1210. The number of fused-ring (bicyclic) bond motifs is 1. The third-order valence-corrected chi connectivity index (χ3v) is 7.44. The highest BCUT2D eigenvalue weighted by atomic mass is 35.5. The summed E-state index contributed by atoms with van der Waals surface area (Å²) in [5.41, 5.74) is 0.299. The Labute approximate surface area is 257 Å². The van der Waals surface area contributed by atoms with E-state index >= 15 is 0 Å². The third kappa shape index (κ3) is 11.2. The predicted octanol–water partition coefficient (Wildman–Crippen LogP) is 4.43. The lowest BCUT2D eigenvalue weighted by molar-refractivity contribution is -0.133. The van der Waals surface area contributed by atoms with Gasteiger partial charge in [0, 0.05) is 52.1 Å². The summed E-state index contributed by atoms with van der Waals surface area (Å²) in [5, 5.41) is 27.7. The number of hydrogen-bond donors (Lipinski definition) is 3. The zero-order valence-corrected chi connectivity index (χ0v) is 25.6. The number of aromatic hydroxyl groups is 2. The number of likely N-dealkylation sites (tertiary alicyclic amines) is 1. The summed E-state index contributed by atoms with van der Waals surface area (Å²) in [6, 6.07) is 0.999. The monoisotopic (exact) mass is 619 g/mol. The van der Waals surface area contributed by atoms with Gasteiger partial charge in [-0.3, -0.25) is 9.59 Å². The molecule has 1 aromatic carbocycles. The van der Waals surface area contributed by atoms with Crippen LogP contribution < -0.4 is 5.32 Å². The molecule has 0 aromatic heterocycles. The van der Waals surface area contributed by atoms with Gasteiger partial charge in [0.15, 0.2) is 0 Å². The molecule has 2 aliphatic rings. The molecule has 1 saturated heterocycles. The SMILES string of the molecule is CC(=O)NCCCOC1/C=C/C[C@@H](C)OC(=O)c2c(O)cc(O)c(Cl)c2CC(=N/OCCC(=O)N2CCCCC2)/C=C/C1. The number of nitrogens with one attached hydrogen (secondary N) is 1. The molecule has 0 bridgehead atoms. The van der Waals surface area contributed by atoms with Crippen LogP contribution in [-0.2, 0) is 30.3 Å². The van der Waals surface area contributed by atoms with E-state index in [0.717, 1.165) is 38.4 Å². The molecule has 11 nitrogen and oxygen atoms in total. The summed E-state index contributed by atoms with van der Waals surface area (Å²) < 4.78 is 11.6. The van der Waals surface area contributed by atoms with Gasteiger partial charge in [-0.25, -0.2) is 4.79 Å². The van der Waals surface area contributed by atoms with Crippen LogP contribution in [0.3, 0.4) is 0 Å². The van der Waals surface area contributed by atoms with Crippen molar-refractivity contribution in [3.63, 3.8) is 0 Å². The van der Waals surface area contributed by atoms with Gasteiger partial charge in [0.1, 0.15) is 29.8 Å². The first kappa shape index (κ1) is 33.9.